The van der Waals surface area contributed by atoms with Gasteiger partial charge in [-0.05, 0) is 30.3 Å². The Hall–Kier alpha value is -3.01. The molecule has 0 saturated carbocycles. The summed E-state index contributed by atoms with van der Waals surface area (Å²) in [7, 11) is 0. The Bertz CT molecular complexity index is 909. The number of benzene rings is 2. The third-order valence-corrected chi connectivity index (χ3v) is 3.05. The normalized spacial score (nSPS) is 10.8. The molecular weight excluding hydrogens is 281 g/mol. The van der Waals surface area contributed by atoms with Gasteiger partial charge in [-0.2, -0.15) is 5.26 Å². The highest BCUT2D eigenvalue weighted by Crippen LogP contribution is 2.28. The molecule has 0 saturated heterocycles. The van der Waals surface area contributed by atoms with E-state index < -0.39 is 17.5 Å². The Morgan fingerprint density at radius 3 is 2.52 bits per heavy atom. The Morgan fingerprint density at radius 1 is 1.10 bits per heavy atom. The van der Waals surface area contributed by atoms with E-state index in [9.17, 15) is 13.2 Å². The maximum atomic E-state index is 14.1. The summed E-state index contributed by atoms with van der Waals surface area (Å²) in [4.78, 5) is 3.88. The van der Waals surface area contributed by atoms with Gasteiger partial charge in [-0.25, -0.2) is 18.2 Å². The van der Waals surface area contributed by atoms with E-state index in [2.05, 4.69) is 4.98 Å². The summed E-state index contributed by atoms with van der Waals surface area (Å²) in [6, 6.07) is 7.55. The monoisotopic (exact) mass is 288 g/mol. The van der Waals surface area contributed by atoms with Crippen LogP contribution in [-0.4, -0.2) is 9.55 Å². The number of nitrogens with two attached hydrogens (primary N) is 1. The van der Waals surface area contributed by atoms with Crippen molar-refractivity contribution in [2.75, 3.05) is 5.73 Å². The van der Waals surface area contributed by atoms with Crippen molar-refractivity contribution >= 4 is 17.0 Å². The molecular formula is C14H7F3N4. The number of halogens is 3. The third kappa shape index (κ3) is 1.89. The first-order valence-electron chi connectivity index (χ1n) is 5.85. The van der Waals surface area contributed by atoms with Crippen LogP contribution in [0.3, 0.4) is 0 Å². The summed E-state index contributed by atoms with van der Waals surface area (Å²) in [6.07, 6.45) is 0. The zero-order valence-corrected chi connectivity index (χ0v) is 10.4. The highest BCUT2D eigenvalue weighted by molar-refractivity contribution is 5.81. The van der Waals surface area contributed by atoms with Gasteiger partial charge in [0.05, 0.1) is 22.8 Å². The SMILES string of the molecule is N#Cc1ccc(-n2c(N)nc3ccc(F)c(F)c32)c(F)c1. The summed E-state index contributed by atoms with van der Waals surface area (Å²) in [6.45, 7) is 0. The lowest BCUT2D eigenvalue weighted by atomic mass is 10.2. The lowest BCUT2D eigenvalue weighted by Gasteiger charge is -2.08. The fourth-order valence-corrected chi connectivity index (χ4v) is 2.12. The lowest BCUT2D eigenvalue weighted by Crippen LogP contribution is -2.04. The number of hydrogen-bond donors (Lipinski definition) is 1. The number of aromatic nitrogens is 2. The van der Waals surface area contributed by atoms with Crippen LogP contribution in [0.5, 0.6) is 0 Å². The van der Waals surface area contributed by atoms with Crippen LogP contribution in [0.25, 0.3) is 16.7 Å². The summed E-state index contributed by atoms with van der Waals surface area (Å²) in [5, 5.41) is 8.72. The van der Waals surface area contributed by atoms with Crippen LogP contribution in [0.15, 0.2) is 30.3 Å². The van der Waals surface area contributed by atoms with Gasteiger partial charge in [0.15, 0.2) is 11.6 Å². The second-order valence-corrected chi connectivity index (χ2v) is 4.31. The highest BCUT2D eigenvalue weighted by atomic mass is 19.2. The molecule has 0 bridgehead atoms. The molecule has 0 aliphatic carbocycles. The molecule has 104 valence electrons. The number of nitrogen functional groups attached to an aromatic ring is 1. The molecule has 0 aliphatic heterocycles. The molecule has 2 aromatic carbocycles. The molecule has 1 heterocycles. The highest BCUT2D eigenvalue weighted by Gasteiger charge is 2.19. The largest absolute Gasteiger partial charge is 0.369 e. The number of nitrogens with zero attached hydrogens (tertiary/aromatic N) is 3. The second-order valence-electron chi connectivity index (χ2n) is 4.31. The molecule has 3 aromatic rings. The number of rotatable bonds is 1. The smallest absolute Gasteiger partial charge is 0.206 e. The molecule has 2 N–H and O–H groups in total. The minimum absolute atomic E-state index is 0.103. The maximum absolute atomic E-state index is 14.1. The van der Waals surface area contributed by atoms with Crippen LogP contribution < -0.4 is 5.73 Å². The molecule has 21 heavy (non-hydrogen) atoms. The van der Waals surface area contributed by atoms with E-state index in [0.29, 0.717) is 0 Å². The van der Waals surface area contributed by atoms with E-state index in [-0.39, 0.29) is 28.2 Å². The fourth-order valence-electron chi connectivity index (χ4n) is 2.12. The molecule has 0 atom stereocenters. The molecule has 0 fully saturated rings. The second kappa shape index (κ2) is 4.52. The molecule has 4 nitrogen and oxygen atoms in total. The van der Waals surface area contributed by atoms with Crippen molar-refractivity contribution in [3.05, 3.63) is 53.3 Å². The van der Waals surface area contributed by atoms with Crippen molar-refractivity contribution in [2.24, 2.45) is 0 Å². The molecule has 0 radical (unpaired) electrons. The predicted octanol–water partition coefficient (Wildman–Crippen LogP) is 2.90. The Labute approximate surface area is 116 Å². The molecule has 0 spiro atoms. The quantitative estimate of drug-likeness (QED) is 0.748. The van der Waals surface area contributed by atoms with E-state index in [1.807, 2.05) is 0 Å². The van der Waals surface area contributed by atoms with E-state index in [4.69, 9.17) is 11.0 Å². The van der Waals surface area contributed by atoms with Crippen LogP contribution >= 0.6 is 0 Å². The Morgan fingerprint density at radius 2 is 1.86 bits per heavy atom. The molecule has 0 unspecified atom stereocenters. The van der Waals surface area contributed by atoms with Crippen LogP contribution in [0.1, 0.15) is 5.56 Å². The Balaban J connectivity index is 2.38. The van der Waals surface area contributed by atoms with Gasteiger partial charge in [0, 0.05) is 0 Å². The van der Waals surface area contributed by atoms with Gasteiger partial charge in [0.25, 0.3) is 0 Å². The van der Waals surface area contributed by atoms with Crippen molar-refractivity contribution in [1.29, 1.82) is 5.26 Å². The minimum atomic E-state index is -1.17. The van der Waals surface area contributed by atoms with Crippen LogP contribution in [0.4, 0.5) is 19.1 Å². The van der Waals surface area contributed by atoms with Crippen molar-refractivity contribution in [3.8, 4) is 11.8 Å². The summed E-state index contributed by atoms with van der Waals surface area (Å²) < 4.78 is 42.4. The maximum Gasteiger partial charge on any atom is 0.206 e. The van der Waals surface area contributed by atoms with E-state index in [0.717, 1.165) is 16.7 Å². The average Bonchev–Trinajstić information content (AvgIpc) is 2.80. The van der Waals surface area contributed by atoms with Crippen molar-refractivity contribution in [3.63, 3.8) is 0 Å². The van der Waals surface area contributed by atoms with Gasteiger partial charge in [0.2, 0.25) is 5.95 Å². The summed E-state index contributed by atoms with van der Waals surface area (Å²) >= 11 is 0. The van der Waals surface area contributed by atoms with Gasteiger partial charge in [-0.15, -0.1) is 0 Å². The topological polar surface area (TPSA) is 67.6 Å². The molecule has 1 aromatic heterocycles. The van der Waals surface area contributed by atoms with Gasteiger partial charge in [0.1, 0.15) is 11.3 Å². The third-order valence-electron chi connectivity index (χ3n) is 3.05. The predicted molar refractivity (Wildman–Crippen MR) is 70.1 cm³/mol. The lowest BCUT2D eigenvalue weighted by molar-refractivity contribution is 0.514. The van der Waals surface area contributed by atoms with Crippen molar-refractivity contribution in [1.82, 2.24) is 9.55 Å². The summed E-state index contributed by atoms with van der Waals surface area (Å²) in [5.41, 5.74) is 5.52. The molecule has 0 aliphatic rings. The fraction of sp³-hybridized carbons (Fsp3) is 0. The van der Waals surface area contributed by atoms with Gasteiger partial charge in [-0.1, -0.05) is 0 Å². The molecule has 0 amide bonds. The number of fused-ring (bicyclic) bond motifs is 1. The average molecular weight is 288 g/mol. The van der Waals surface area contributed by atoms with E-state index in [1.54, 1.807) is 6.07 Å². The summed E-state index contributed by atoms with van der Waals surface area (Å²) in [5.74, 6) is -3.22. The van der Waals surface area contributed by atoms with Gasteiger partial charge in [-0.3, -0.25) is 4.57 Å². The van der Waals surface area contributed by atoms with Crippen LogP contribution in [-0.2, 0) is 0 Å². The molecule has 7 heteroatoms. The van der Waals surface area contributed by atoms with Crippen molar-refractivity contribution in [2.45, 2.75) is 0 Å². The zero-order valence-electron chi connectivity index (χ0n) is 10.4. The zero-order chi connectivity index (χ0) is 15.1. The number of imidazole rings is 1. The number of hydrogen-bond acceptors (Lipinski definition) is 3. The Kier molecular flexibility index (Phi) is 2.80. The first-order valence-corrected chi connectivity index (χ1v) is 5.85. The van der Waals surface area contributed by atoms with E-state index in [1.165, 1.54) is 18.2 Å². The van der Waals surface area contributed by atoms with E-state index >= 15 is 0 Å². The van der Waals surface area contributed by atoms with Crippen molar-refractivity contribution < 1.29 is 13.2 Å². The molecule has 3 rings (SSSR count). The standard InChI is InChI=1S/C14H7F3N4/c15-8-2-3-10-13(12(8)17)21(14(19)20-10)11-4-1-7(6-18)5-9(11)16/h1-5H,(H2,19,20). The van der Waals surface area contributed by atoms with Crippen LogP contribution in [0, 0.1) is 28.8 Å². The minimum Gasteiger partial charge on any atom is -0.369 e. The van der Waals surface area contributed by atoms with Gasteiger partial charge < -0.3 is 5.73 Å². The number of nitriles is 1. The van der Waals surface area contributed by atoms with Crippen LogP contribution in [0.2, 0.25) is 0 Å². The first kappa shape index (κ1) is 13.0. The first-order chi connectivity index (χ1) is 10.0. The van der Waals surface area contributed by atoms with Gasteiger partial charge >= 0.3 is 0 Å². The number of anilines is 1.